The second-order valence-electron chi connectivity index (χ2n) is 10.3. The van der Waals surface area contributed by atoms with Crippen LogP contribution in [-0.4, -0.2) is 57.2 Å². The average Bonchev–Trinajstić information content (AvgIpc) is 3.65. The summed E-state index contributed by atoms with van der Waals surface area (Å²) in [6, 6.07) is 21.5. The highest BCUT2D eigenvalue weighted by atomic mass is 35.5. The number of amides is 2. The summed E-state index contributed by atoms with van der Waals surface area (Å²) >= 11 is 7.41. The maximum Gasteiger partial charge on any atom is 0.267 e. The summed E-state index contributed by atoms with van der Waals surface area (Å²) in [5, 5.41) is 17.1. The number of hydrogen-bond donors (Lipinski definition) is 2. The maximum absolute atomic E-state index is 13.6. The molecule has 0 spiro atoms. The van der Waals surface area contributed by atoms with Gasteiger partial charge >= 0.3 is 0 Å². The van der Waals surface area contributed by atoms with E-state index >= 15 is 0 Å². The number of carbonyl (C=O) groups excluding carboxylic acids is 2. The number of rotatable bonds is 11. The van der Waals surface area contributed by atoms with Crippen molar-refractivity contribution in [1.29, 1.82) is 0 Å². The summed E-state index contributed by atoms with van der Waals surface area (Å²) in [6.45, 7) is -0.239. The number of amidine groups is 1. The van der Waals surface area contributed by atoms with Gasteiger partial charge in [-0.15, -0.1) is 5.10 Å². The first-order chi connectivity index (χ1) is 22.5. The van der Waals surface area contributed by atoms with Crippen molar-refractivity contribution in [2.75, 3.05) is 30.9 Å². The van der Waals surface area contributed by atoms with Crippen LogP contribution in [0, 0.1) is 0 Å². The zero-order chi connectivity index (χ0) is 33.6. The van der Waals surface area contributed by atoms with Crippen molar-refractivity contribution in [3.63, 3.8) is 0 Å². The minimum atomic E-state index is -3.86. The molecule has 2 amide bonds. The number of nitrogens with two attached hydrogens (primary N) is 1. The van der Waals surface area contributed by atoms with Crippen LogP contribution in [0.2, 0.25) is 5.02 Å². The van der Waals surface area contributed by atoms with Gasteiger partial charge in [-0.2, -0.15) is 5.10 Å². The lowest BCUT2D eigenvalue weighted by atomic mass is 10.2. The zero-order valence-electron chi connectivity index (χ0n) is 25.2. The fourth-order valence-corrected chi connectivity index (χ4v) is 5.88. The van der Waals surface area contributed by atoms with Gasteiger partial charge in [-0.25, -0.2) is 13.6 Å². The van der Waals surface area contributed by atoms with Gasteiger partial charge in [-0.3, -0.25) is 14.5 Å². The molecular weight excluding hydrogens is 664 g/mol. The largest absolute Gasteiger partial charge is 0.483 e. The van der Waals surface area contributed by atoms with Gasteiger partial charge in [-0.05, 0) is 90.1 Å². The number of anilines is 2. The van der Waals surface area contributed by atoms with Crippen LogP contribution in [0.4, 0.5) is 11.4 Å². The summed E-state index contributed by atoms with van der Waals surface area (Å²) in [7, 11) is 0.0581. The normalized spacial score (nSPS) is 15.1. The quantitative estimate of drug-likeness (QED) is 0.124. The number of ether oxygens (including phenoxy) is 1. The number of sulfonamides is 1. The predicted molar refractivity (Wildman–Crippen MR) is 184 cm³/mol. The van der Waals surface area contributed by atoms with Crippen molar-refractivity contribution < 1.29 is 27.2 Å². The van der Waals surface area contributed by atoms with Crippen molar-refractivity contribution in [2.45, 2.75) is 11.4 Å². The first-order valence-corrected chi connectivity index (χ1v) is 16.7. The molecule has 0 radical (unpaired) electrons. The maximum atomic E-state index is 13.6. The van der Waals surface area contributed by atoms with Crippen LogP contribution < -0.4 is 20.1 Å². The van der Waals surface area contributed by atoms with Crippen LogP contribution in [0.1, 0.15) is 16.9 Å². The summed E-state index contributed by atoms with van der Waals surface area (Å²) in [5.41, 5.74) is 2.70. The fraction of sp³-hybridized carbons (Fsp3) is 0.125. The Labute approximate surface area is 280 Å². The second kappa shape index (κ2) is 14.7. The number of primary sulfonamides is 1. The van der Waals surface area contributed by atoms with E-state index in [9.17, 15) is 18.0 Å². The van der Waals surface area contributed by atoms with Crippen LogP contribution in [0.15, 0.2) is 110 Å². The minimum absolute atomic E-state index is 0.0810. The Morgan fingerprint density at radius 2 is 1.85 bits per heavy atom. The number of nitrogens with one attached hydrogen (secondary N) is 1. The lowest BCUT2D eigenvalue weighted by molar-refractivity contribution is -0.122. The van der Waals surface area contributed by atoms with E-state index in [0.717, 1.165) is 23.0 Å². The van der Waals surface area contributed by atoms with Crippen molar-refractivity contribution >= 4 is 74.0 Å². The Hall–Kier alpha value is -4.89. The van der Waals surface area contributed by atoms with E-state index in [1.165, 1.54) is 35.4 Å². The van der Waals surface area contributed by atoms with Gasteiger partial charge in [0.25, 0.3) is 11.8 Å². The first-order valence-electron chi connectivity index (χ1n) is 13.9. The van der Waals surface area contributed by atoms with Gasteiger partial charge < -0.3 is 19.4 Å². The summed E-state index contributed by atoms with van der Waals surface area (Å²) in [6.07, 6.45) is 4.74. The number of halogens is 1. The smallest absolute Gasteiger partial charge is 0.267 e. The molecule has 4 aromatic rings. The van der Waals surface area contributed by atoms with Crippen LogP contribution in [0.5, 0.6) is 5.75 Å². The number of nitrogens with zero attached hydrogens (tertiary/aromatic N) is 4. The molecule has 12 nitrogen and oxygen atoms in total. The molecule has 0 unspecified atom stereocenters. The molecule has 47 heavy (non-hydrogen) atoms. The summed E-state index contributed by atoms with van der Waals surface area (Å²) in [5.74, 6) is 0.0363. The molecule has 1 aliphatic rings. The SMILES string of the molecule is CN(C)c1ccc(/C=N/N=C2\S/C(=C\c3cc(Cl)ccc3OCC(=O)Nc3ccc(S(N)(=O)=O)cc3)C(=O)N2Cc2ccco2)cc1. The molecule has 0 saturated carbocycles. The number of carbonyl (C=O) groups is 2. The highest BCUT2D eigenvalue weighted by Gasteiger charge is 2.34. The van der Waals surface area contributed by atoms with Crippen LogP contribution in [0.25, 0.3) is 6.08 Å². The van der Waals surface area contributed by atoms with Crippen molar-refractivity contribution in [1.82, 2.24) is 4.90 Å². The Morgan fingerprint density at radius 1 is 1.11 bits per heavy atom. The number of hydrogen-bond acceptors (Lipinski definition) is 10. The molecule has 0 atom stereocenters. The van der Waals surface area contributed by atoms with Crippen LogP contribution in [-0.2, 0) is 26.2 Å². The zero-order valence-corrected chi connectivity index (χ0v) is 27.6. The van der Waals surface area contributed by atoms with E-state index in [2.05, 4.69) is 15.5 Å². The van der Waals surface area contributed by atoms with E-state index in [1.807, 2.05) is 43.3 Å². The molecule has 15 heteroatoms. The molecule has 5 rings (SSSR count). The van der Waals surface area contributed by atoms with E-state index in [-0.39, 0.29) is 24.0 Å². The lowest BCUT2D eigenvalue weighted by Crippen LogP contribution is -2.28. The highest BCUT2D eigenvalue weighted by Crippen LogP contribution is 2.36. The Morgan fingerprint density at radius 3 is 2.51 bits per heavy atom. The Kier molecular flexibility index (Phi) is 10.5. The second-order valence-corrected chi connectivity index (χ2v) is 13.3. The fourth-order valence-electron chi connectivity index (χ4n) is 4.26. The third-order valence-electron chi connectivity index (χ3n) is 6.63. The Bertz CT molecular complexity index is 1960. The predicted octanol–water partition coefficient (Wildman–Crippen LogP) is 5.17. The topological polar surface area (TPSA) is 160 Å². The van der Waals surface area contributed by atoms with Gasteiger partial charge in [0.1, 0.15) is 11.5 Å². The monoisotopic (exact) mass is 692 g/mol. The summed E-state index contributed by atoms with van der Waals surface area (Å²) < 4.78 is 34.2. The molecule has 1 saturated heterocycles. The van der Waals surface area contributed by atoms with Gasteiger partial charge in [0, 0.05) is 36.1 Å². The van der Waals surface area contributed by atoms with E-state index in [0.29, 0.717) is 37.9 Å². The van der Waals surface area contributed by atoms with Gasteiger partial charge in [0.2, 0.25) is 10.0 Å². The molecule has 0 bridgehead atoms. The van der Waals surface area contributed by atoms with Crippen LogP contribution in [0.3, 0.4) is 0 Å². The molecule has 0 aliphatic carbocycles. The van der Waals surface area contributed by atoms with E-state index in [1.54, 1.807) is 42.6 Å². The molecular formula is C32H29ClN6O6S2. The molecule has 1 fully saturated rings. The lowest BCUT2D eigenvalue weighted by Gasteiger charge is -2.13. The van der Waals surface area contributed by atoms with Crippen molar-refractivity contribution in [3.05, 3.63) is 112 Å². The number of benzene rings is 3. The van der Waals surface area contributed by atoms with Gasteiger partial charge in [0.15, 0.2) is 11.8 Å². The molecule has 3 N–H and O–H groups in total. The number of thioether (sulfide) groups is 1. The van der Waals surface area contributed by atoms with Gasteiger partial charge in [-0.1, -0.05) is 23.7 Å². The molecule has 1 aliphatic heterocycles. The standard InChI is InChI=1S/C32H29ClN6O6S2/c1-38(2)25-10-5-21(6-11-25)18-35-37-32-39(19-26-4-3-15-44-26)31(41)29(46-32)17-22-16-23(33)7-14-28(22)45-20-30(40)36-24-8-12-27(13-9-24)47(34,42)43/h3-18H,19-20H2,1-2H3,(H,36,40)(H2,34,42,43)/b29-17-,35-18+,37-32-. The number of furan rings is 1. The van der Waals surface area contributed by atoms with Gasteiger partial charge in [0.05, 0.1) is 28.8 Å². The van der Waals surface area contributed by atoms with E-state index in [4.69, 9.17) is 25.9 Å². The Balaban J connectivity index is 1.33. The van der Waals surface area contributed by atoms with Crippen molar-refractivity contribution in [2.24, 2.45) is 15.3 Å². The van der Waals surface area contributed by atoms with Crippen LogP contribution >= 0.6 is 23.4 Å². The molecule has 242 valence electrons. The molecule has 3 aromatic carbocycles. The summed E-state index contributed by atoms with van der Waals surface area (Å²) in [4.78, 5) is 29.9. The van der Waals surface area contributed by atoms with Crippen molar-refractivity contribution in [3.8, 4) is 5.75 Å². The molecule has 1 aromatic heterocycles. The third kappa shape index (κ3) is 8.89. The third-order valence-corrected chi connectivity index (χ3v) is 8.79. The van der Waals surface area contributed by atoms with E-state index < -0.39 is 15.9 Å². The first kappa shape index (κ1) is 33.5. The highest BCUT2D eigenvalue weighted by molar-refractivity contribution is 8.18. The average molecular weight is 693 g/mol. The minimum Gasteiger partial charge on any atom is -0.483 e. The molecule has 2 heterocycles.